The number of aromatic nitrogens is 1. The van der Waals surface area contributed by atoms with Crippen LogP contribution in [0.1, 0.15) is 25.8 Å². The van der Waals surface area contributed by atoms with E-state index in [1.54, 1.807) is 6.20 Å². The molecule has 1 unspecified atom stereocenters. The highest BCUT2D eigenvalue weighted by Gasteiger charge is 2.05. The number of hydrogen-bond donors (Lipinski definition) is 3. The first-order chi connectivity index (χ1) is 7.21. The minimum absolute atomic E-state index is 0.372. The van der Waals surface area contributed by atoms with Crippen LogP contribution in [0.3, 0.4) is 0 Å². The topological polar surface area (TPSA) is 60.8 Å². The molecule has 1 heterocycles. The van der Waals surface area contributed by atoms with Gasteiger partial charge in [0, 0.05) is 24.9 Å². The van der Waals surface area contributed by atoms with Gasteiger partial charge in [0.1, 0.15) is 5.82 Å². The highest BCUT2D eigenvalue weighted by Crippen LogP contribution is 2.16. The zero-order chi connectivity index (χ0) is 11.3. The van der Waals surface area contributed by atoms with Crippen molar-refractivity contribution in [3.8, 4) is 0 Å². The van der Waals surface area contributed by atoms with Crippen LogP contribution in [0.2, 0.25) is 0 Å². The second-order valence-corrected chi connectivity index (χ2v) is 3.51. The molecule has 0 fully saturated rings. The van der Waals surface area contributed by atoms with Crippen LogP contribution in [0.25, 0.3) is 0 Å². The van der Waals surface area contributed by atoms with Crippen LogP contribution in [0.5, 0.6) is 0 Å². The Balaban J connectivity index is 2.92. The molecule has 0 bridgehead atoms. The van der Waals surface area contributed by atoms with Crippen LogP contribution in [0, 0.1) is 5.41 Å². The Hall–Kier alpha value is -1.58. The van der Waals surface area contributed by atoms with Gasteiger partial charge in [0.15, 0.2) is 0 Å². The number of pyridine rings is 1. The van der Waals surface area contributed by atoms with Crippen LogP contribution in [0.4, 0.5) is 11.5 Å². The highest BCUT2D eigenvalue weighted by atomic mass is 15.0. The van der Waals surface area contributed by atoms with E-state index in [9.17, 15) is 0 Å². The molecule has 4 heteroatoms. The fourth-order valence-electron chi connectivity index (χ4n) is 1.18. The van der Waals surface area contributed by atoms with Crippen molar-refractivity contribution in [2.24, 2.45) is 0 Å². The quantitative estimate of drug-likeness (QED) is 0.648. The lowest BCUT2D eigenvalue weighted by Gasteiger charge is -2.14. The molecule has 0 aliphatic rings. The van der Waals surface area contributed by atoms with E-state index in [4.69, 9.17) is 5.41 Å². The minimum atomic E-state index is 0.372. The Bertz CT molecular complexity index is 335. The molecule has 0 spiro atoms. The van der Waals surface area contributed by atoms with Crippen LogP contribution >= 0.6 is 0 Å². The lowest BCUT2D eigenvalue weighted by molar-refractivity contribution is 0.759. The fourth-order valence-corrected chi connectivity index (χ4v) is 1.18. The molecule has 15 heavy (non-hydrogen) atoms. The summed E-state index contributed by atoms with van der Waals surface area (Å²) in [4.78, 5) is 4.28. The Morgan fingerprint density at radius 3 is 2.87 bits per heavy atom. The van der Waals surface area contributed by atoms with Crippen molar-refractivity contribution in [2.45, 2.75) is 26.3 Å². The van der Waals surface area contributed by atoms with Gasteiger partial charge in [0.25, 0.3) is 0 Å². The van der Waals surface area contributed by atoms with Crippen molar-refractivity contribution >= 4 is 17.7 Å². The molecular weight excluding hydrogens is 188 g/mol. The van der Waals surface area contributed by atoms with Crippen LogP contribution < -0.4 is 10.6 Å². The van der Waals surface area contributed by atoms with Gasteiger partial charge in [-0.3, -0.25) is 0 Å². The lowest BCUT2D eigenvalue weighted by Crippen LogP contribution is -2.16. The molecule has 0 aliphatic heterocycles. The van der Waals surface area contributed by atoms with E-state index in [0.29, 0.717) is 6.04 Å². The maximum absolute atomic E-state index is 7.32. The molecule has 4 nitrogen and oxygen atoms in total. The van der Waals surface area contributed by atoms with Crippen LogP contribution in [0.15, 0.2) is 12.3 Å². The first-order valence-corrected chi connectivity index (χ1v) is 5.16. The maximum Gasteiger partial charge on any atom is 0.135 e. The SMILES string of the molecule is CCC(C)Nc1ncc(NC)cc1C=N. The van der Waals surface area contributed by atoms with Crippen molar-refractivity contribution < 1.29 is 0 Å². The Labute approximate surface area is 90.6 Å². The fraction of sp³-hybridized carbons (Fsp3) is 0.455. The van der Waals surface area contributed by atoms with Gasteiger partial charge in [0.05, 0.1) is 11.9 Å². The van der Waals surface area contributed by atoms with Crippen molar-refractivity contribution in [2.75, 3.05) is 17.7 Å². The monoisotopic (exact) mass is 206 g/mol. The van der Waals surface area contributed by atoms with Gasteiger partial charge < -0.3 is 16.0 Å². The molecule has 0 saturated carbocycles. The van der Waals surface area contributed by atoms with Gasteiger partial charge in [-0.2, -0.15) is 0 Å². The average Bonchev–Trinajstić information content (AvgIpc) is 2.29. The molecule has 1 aromatic rings. The lowest BCUT2D eigenvalue weighted by atomic mass is 10.2. The minimum Gasteiger partial charge on any atom is -0.387 e. The van der Waals surface area contributed by atoms with Gasteiger partial charge in [-0.05, 0) is 19.4 Å². The molecule has 1 atom stereocenters. The molecule has 0 saturated heterocycles. The number of anilines is 2. The summed E-state index contributed by atoms with van der Waals surface area (Å²) in [5.41, 5.74) is 1.73. The molecule has 1 aromatic heterocycles. The summed E-state index contributed by atoms with van der Waals surface area (Å²) in [5, 5.41) is 13.6. The van der Waals surface area contributed by atoms with Gasteiger partial charge >= 0.3 is 0 Å². The van der Waals surface area contributed by atoms with Gasteiger partial charge in [-0.25, -0.2) is 4.98 Å². The Morgan fingerprint density at radius 1 is 1.60 bits per heavy atom. The predicted octanol–water partition coefficient (Wildman–Crippen LogP) is 2.33. The van der Waals surface area contributed by atoms with E-state index in [-0.39, 0.29) is 0 Å². The number of hydrogen-bond acceptors (Lipinski definition) is 4. The van der Waals surface area contributed by atoms with Gasteiger partial charge in [-0.1, -0.05) is 6.92 Å². The van der Waals surface area contributed by atoms with E-state index >= 15 is 0 Å². The van der Waals surface area contributed by atoms with E-state index in [0.717, 1.165) is 23.5 Å². The first kappa shape index (κ1) is 11.5. The highest BCUT2D eigenvalue weighted by molar-refractivity contribution is 5.85. The summed E-state index contributed by atoms with van der Waals surface area (Å²) in [6, 6.07) is 2.28. The second kappa shape index (κ2) is 5.34. The molecule has 3 N–H and O–H groups in total. The number of nitrogens with zero attached hydrogens (tertiary/aromatic N) is 1. The van der Waals surface area contributed by atoms with Crippen molar-refractivity contribution in [3.05, 3.63) is 17.8 Å². The molecule has 82 valence electrons. The molecule has 0 radical (unpaired) electrons. The Morgan fingerprint density at radius 2 is 2.33 bits per heavy atom. The third-order valence-corrected chi connectivity index (χ3v) is 2.36. The molecular formula is C11H18N4. The summed E-state index contributed by atoms with van der Waals surface area (Å²) in [7, 11) is 1.84. The normalized spacial score (nSPS) is 11.9. The second-order valence-electron chi connectivity index (χ2n) is 3.51. The molecule has 0 amide bonds. The summed E-state index contributed by atoms with van der Waals surface area (Å²) in [5.74, 6) is 0.776. The van der Waals surface area contributed by atoms with E-state index in [2.05, 4.69) is 29.5 Å². The first-order valence-electron chi connectivity index (χ1n) is 5.16. The van der Waals surface area contributed by atoms with Crippen molar-refractivity contribution in [3.63, 3.8) is 0 Å². The number of rotatable bonds is 5. The van der Waals surface area contributed by atoms with Crippen LogP contribution in [-0.2, 0) is 0 Å². The summed E-state index contributed by atoms with van der Waals surface area (Å²) in [6.07, 6.45) is 4.11. The average molecular weight is 206 g/mol. The summed E-state index contributed by atoms with van der Waals surface area (Å²) >= 11 is 0. The third kappa shape index (κ3) is 2.94. The van der Waals surface area contributed by atoms with Crippen molar-refractivity contribution in [1.82, 2.24) is 4.98 Å². The summed E-state index contributed by atoms with van der Waals surface area (Å²) < 4.78 is 0. The van der Waals surface area contributed by atoms with E-state index in [1.807, 2.05) is 13.1 Å². The molecule has 0 aliphatic carbocycles. The molecule has 0 aromatic carbocycles. The third-order valence-electron chi connectivity index (χ3n) is 2.36. The maximum atomic E-state index is 7.32. The number of nitrogens with one attached hydrogen (secondary N) is 3. The van der Waals surface area contributed by atoms with Crippen molar-refractivity contribution in [1.29, 1.82) is 5.41 Å². The molecule has 1 rings (SSSR count). The zero-order valence-corrected chi connectivity index (χ0v) is 9.46. The Kier molecular flexibility index (Phi) is 4.09. The standard InChI is InChI=1S/C11H18N4/c1-4-8(2)15-11-9(6-12)5-10(13-3)7-14-11/h5-8,12-13H,4H2,1-3H3,(H,14,15). The van der Waals surface area contributed by atoms with Gasteiger partial charge in [-0.15, -0.1) is 0 Å². The van der Waals surface area contributed by atoms with Gasteiger partial charge in [0.2, 0.25) is 0 Å². The van der Waals surface area contributed by atoms with E-state index < -0.39 is 0 Å². The summed E-state index contributed by atoms with van der Waals surface area (Å²) in [6.45, 7) is 4.21. The predicted molar refractivity (Wildman–Crippen MR) is 65.0 cm³/mol. The van der Waals surface area contributed by atoms with Crippen LogP contribution in [-0.4, -0.2) is 24.3 Å². The largest absolute Gasteiger partial charge is 0.387 e. The van der Waals surface area contributed by atoms with E-state index in [1.165, 1.54) is 6.21 Å². The zero-order valence-electron chi connectivity index (χ0n) is 9.46. The smallest absolute Gasteiger partial charge is 0.135 e.